The molecule has 4 aliphatic rings. The summed E-state index contributed by atoms with van der Waals surface area (Å²) in [4.78, 5) is 0. The van der Waals surface area contributed by atoms with E-state index < -0.39 is 52.0 Å². The minimum Gasteiger partial charge on any atom is 0 e. The van der Waals surface area contributed by atoms with Gasteiger partial charge >= 0.3 is 63.3 Å². The minimum absolute atomic E-state index is 0. The van der Waals surface area contributed by atoms with Crippen molar-refractivity contribution >= 4 is 0 Å². The number of hydrogen-bond acceptors (Lipinski definition) is 19. The number of ether oxygens (including phenoxy) is 4. The largest absolute Gasteiger partial charge is 0 e. The molecule has 20 nitrogen and oxygen atoms in total. The molecule has 0 saturated carbocycles. The maximum Gasteiger partial charge on any atom is 0 e. The zero-order valence-corrected chi connectivity index (χ0v) is 72.4. The maximum absolute atomic E-state index is 9.58. The van der Waals surface area contributed by atoms with Gasteiger partial charge in [-0.2, -0.15) is 0 Å². The Morgan fingerprint density at radius 1 is 0.230 bits per heavy atom. The first-order valence-corrected chi connectivity index (χ1v) is 43.2. The summed E-state index contributed by atoms with van der Waals surface area (Å²) in [6.07, 6.45) is 10.2. The van der Waals surface area contributed by atoms with E-state index >= 15 is 0 Å². The number of phenolic OH excluding ortho intramolecular Hbond substituents is 10. The third kappa shape index (κ3) is 77.1. The van der Waals surface area contributed by atoms with Crippen LogP contribution in [-0.2, 0) is 27.6 Å². The van der Waals surface area contributed by atoms with Crippen molar-refractivity contribution in [2.45, 2.75) is 51.4 Å². The van der Waals surface area contributed by atoms with Crippen LogP contribution in [0.3, 0.4) is 0 Å². The van der Waals surface area contributed by atoms with Crippen molar-refractivity contribution in [1.82, 2.24) is 0 Å². The fraction of sp³-hybridized carbons (Fsp3) is 0.211. The quantitative estimate of drug-likeness (QED) is 0.0766. The Labute approximate surface area is 653 Å². The number of rotatable bonds is 2. The zero-order valence-electron chi connectivity index (χ0n) is 55.8. The van der Waals surface area contributed by atoms with Crippen LogP contribution in [0.25, 0.3) is 0 Å². The second-order valence-corrected chi connectivity index (χ2v) is 34.7. The van der Waals surface area contributed by atoms with Crippen LogP contribution in [0.2, 0.25) is 0 Å². The molecule has 10 aromatic rings. The Morgan fingerprint density at radius 3 is 0.360 bits per heavy atom. The molecule has 533 valence electrons. The molecule has 0 unspecified atom stereocenters. The molecule has 11 N–H and O–H groups in total. The standard InChI is InChI=1S/10C6H6O.4C4H8O.H2O.5O.4U/c10*7-6-4-2-1-3-5-6;4*1-2-4-5-3-1;;;;;;;;;;/h10*1-5,7H;4*1-4H2;1H2;;;;;;;;;/q;;;;;;;;;;;;;;;;;;;;;;;+1/p-1. The van der Waals surface area contributed by atoms with Crippen LogP contribution in [-0.4, -0.2) is 107 Å². The molecule has 0 spiro atoms. The van der Waals surface area contributed by atoms with Crippen LogP contribution in [0.5, 0.6) is 57.5 Å². The molecule has 0 radical (unpaired) electrons. The second kappa shape index (κ2) is 72.2. The fourth-order valence-electron chi connectivity index (χ4n) is 6.43. The first-order chi connectivity index (χ1) is 47.4. The van der Waals surface area contributed by atoms with Crippen molar-refractivity contribution in [3.8, 4) is 57.5 Å². The Morgan fingerprint density at radius 2 is 0.330 bits per heavy atom. The molecule has 100 heavy (non-hydrogen) atoms. The molecule has 10 aromatic carbocycles. The molecule has 0 aliphatic carbocycles. The van der Waals surface area contributed by atoms with E-state index in [4.69, 9.17) is 72.6 Å². The molecule has 0 amide bonds. The van der Waals surface area contributed by atoms with Crippen molar-refractivity contribution in [3.63, 3.8) is 0 Å². The number of aromatic hydroxyl groups is 10. The van der Waals surface area contributed by atoms with Gasteiger partial charge in [0.2, 0.25) is 0 Å². The van der Waals surface area contributed by atoms with E-state index in [1.165, 1.54) is 51.4 Å². The van der Waals surface area contributed by atoms with Crippen molar-refractivity contribution in [1.29, 1.82) is 0 Å². The van der Waals surface area contributed by atoms with Gasteiger partial charge in [0, 0.05) is 115 Å². The first kappa shape index (κ1) is 97.5. The predicted molar refractivity (Wildman–Crippen MR) is 367 cm³/mol. The van der Waals surface area contributed by atoms with Crippen molar-refractivity contribution in [2.24, 2.45) is 0 Å². The normalized spacial score (nSPS) is 11.7. The van der Waals surface area contributed by atoms with Crippen LogP contribution in [0.4, 0.5) is 0 Å². The molecular formula is C76H93O20U4. The third-order valence-corrected chi connectivity index (χ3v) is 29.3. The van der Waals surface area contributed by atoms with E-state index in [1.54, 1.807) is 243 Å². The second-order valence-electron chi connectivity index (χ2n) is 19.5. The Bertz CT molecular complexity index is 2730. The predicted octanol–water partition coefficient (Wildman–Crippen LogP) is 16.0. The van der Waals surface area contributed by atoms with Gasteiger partial charge in [0.05, 0.1) is 0 Å². The molecular weight excluding hydrogens is 2180 g/mol. The summed E-state index contributed by atoms with van der Waals surface area (Å²) < 4.78 is 68.9. The van der Waals surface area contributed by atoms with E-state index in [1.807, 2.05) is 60.7 Å². The topological polar surface area (TPSA) is 337 Å². The van der Waals surface area contributed by atoms with Crippen LogP contribution in [0.15, 0.2) is 303 Å². The molecule has 0 atom stereocenters. The van der Waals surface area contributed by atoms with E-state index in [0.29, 0.717) is 57.5 Å². The van der Waals surface area contributed by atoms with Crippen LogP contribution < -0.4 is 0 Å². The summed E-state index contributed by atoms with van der Waals surface area (Å²) in [5, 5.41) is 86.3. The molecule has 14 rings (SSSR count). The van der Waals surface area contributed by atoms with Gasteiger partial charge in [-0.3, -0.25) is 0 Å². The number of hydrogen-bond donors (Lipinski definition) is 11. The number of benzene rings is 10. The Kier molecular flexibility index (Phi) is 70.4. The molecule has 24 heteroatoms. The fourth-order valence-corrected chi connectivity index (χ4v) is 15.5. The van der Waals surface area contributed by atoms with E-state index in [9.17, 15) is 8.94 Å². The summed E-state index contributed by atoms with van der Waals surface area (Å²) in [6.45, 7) is 8.00. The van der Waals surface area contributed by atoms with Gasteiger partial charge in [-0.15, -0.1) is 0 Å². The number of para-hydroxylation sites is 10. The molecule has 0 bridgehead atoms. The van der Waals surface area contributed by atoms with Crippen molar-refractivity contribution < 1.29 is 196 Å². The van der Waals surface area contributed by atoms with Crippen LogP contribution >= 0.6 is 0 Å². The third-order valence-electron chi connectivity index (χ3n) is 11.1. The average Bonchev–Trinajstić information content (AvgIpc) is 4.67. The van der Waals surface area contributed by atoms with Gasteiger partial charge in [0.1, 0.15) is 57.5 Å². The SMILES string of the molecule is C1CCOC1.C1CCOC1.C1CCOC1.C1CCOC1.Oc1ccccc1.Oc1ccccc1.Oc1ccccc1.Oc1ccccc1.Oc1ccccc1.Oc1ccccc1.Oc1ccccc1.Oc1ccccc1.Oc1ccccc1.Oc1ccccc1.[O]=[U](=[O])[O][U](=[O])(=[O])[OH].[U].[U]. The zero-order chi connectivity index (χ0) is 72.1. The first-order valence-electron chi connectivity index (χ1n) is 31.1. The van der Waals surface area contributed by atoms with Gasteiger partial charge in [0.25, 0.3) is 0 Å². The average molecular weight is 2280 g/mol. The van der Waals surface area contributed by atoms with Gasteiger partial charge in [-0.25, -0.2) is 0 Å². The number of phenols is 10. The van der Waals surface area contributed by atoms with Gasteiger partial charge in [-0.05, 0) is 173 Å². The van der Waals surface area contributed by atoms with E-state index in [2.05, 4.69) is -0.255 Å². The van der Waals surface area contributed by atoms with Gasteiger partial charge < -0.3 is 70.0 Å². The molecule has 4 saturated heterocycles. The monoisotopic (exact) mass is 2280 g/mol. The Balaban J connectivity index is -0.00000101. The summed E-state index contributed by atoms with van der Waals surface area (Å²) in [5.41, 5.74) is 0. The maximum atomic E-state index is 9.58. The molecule has 4 aliphatic heterocycles. The Hall–Kier alpha value is -6.63. The summed E-state index contributed by atoms with van der Waals surface area (Å²) >= 11 is -10.8. The molecule has 4 fully saturated rings. The van der Waals surface area contributed by atoms with E-state index in [-0.39, 0.29) is 62.2 Å². The molecule has 0 aromatic heterocycles. The van der Waals surface area contributed by atoms with Crippen LogP contribution in [0.1, 0.15) is 51.4 Å². The summed E-state index contributed by atoms with van der Waals surface area (Å²) in [5.74, 6) is 3.22. The van der Waals surface area contributed by atoms with Crippen LogP contribution in [0, 0.1) is 114 Å². The van der Waals surface area contributed by atoms with E-state index in [0.717, 1.165) is 52.9 Å². The summed E-state index contributed by atoms with van der Waals surface area (Å²) in [7, 11) is 0. The van der Waals surface area contributed by atoms with Crippen molar-refractivity contribution in [3.05, 3.63) is 303 Å². The minimum atomic E-state index is -6.06. The van der Waals surface area contributed by atoms with Crippen molar-refractivity contribution in [2.75, 3.05) is 52.9 Å². The molecule has 4 heterocycles. The summed E-state index contributed by atoms with van der Waals surface area (Å²) in [6, 6.07) is 87.1. The van der Waals surface area contributed by atoms with Gasteiger partial charge in [0.15, 0.2) is 0 Å². The smallest absolute Gasteiger partial charge is 0 e. The van der Waals surface area contributed by atoms with Gasteiger partial charge in [-0.1, -0.05) is 182 Å².